The Balaban J connectivity index is 2.19. The Morgan fingerprint density at radius 3 is 2.12 bits per heavy atom. The van der Waals surface area contributed by atoms with Crippen LogP contribution in [0.1, 0.15) is 12.0 Å². The van der Waals surface area contributed by atoms with Gasteiger partial charge in [0.1, 0.15) is 0 Å². The van der Waals surface area contributed by atoms with E-state index < -0.39 is 17.1 Å². The van der Waals surface area contributed by atoms with Crippen molar-refractivity contribution in [3.63, 3.8) is 0 Å². The summed E-state index contributed by atoms with van der Waals surface area (Å²) in [5.41, 5.74) is 4.52. The fourth-order valence-electron chi connectivity index (χ4n) is 1.94. The third-order valence-electron chi connectivity index (χ3n) is 3.08. The summed E-state index contributed by atoms with van der Waals surface area (Å²) < 4.78 is 50.6. The standard InChI is InChI=1S/C11H11F4NS/c12-9(13)17-8-3-1-7(2-4-8)10(6-16)5-11(10,14)15/h1-4,9H,5-6,16H2. The number of hydrogen-bond donors (Lipinski definition) is 1. The van der Waals surface area contributed by atoms with Gasteiger partial charge in [0.05, 0.1) is 5.41 Å². The summed E-state index contributed by atoms with van der Waals surface area (Å²) in [5, 5.41) is 0. The number of hydrogen-bond acceptors (Lipinski definition) is 2. The zero-order chi connectivity index (χ0) is 12.7. The van der Waals surface area contributed by atoms with Crippen molar-refractivity contribution in [2.24, 2.45) is 5.73 Å². The quantitative estimate of drug-likeness (QED) is 0.668. The third-order valence-corrected chi connectivity index (χ3v) is 3.80. The molecule has 2 rings (SSSR count). The zero-order valence-corrected chi connectivity index (χ0v) is 9.61. The second kappa shape index (κ2) is 4.17. The van der Waals surface area contributed by atoms with Gasteiger partial charge in [0, 0.05) is 17.9 Å². The van der Waals surface area contributed by atoms with Crippen LogP contribution in [0.15, 0.2) is 29.2 Å². The van der Waals surface area contributed by atoms with Crippen LogP contribution in [0.2, 0.25) is 0 Å². The number of benzene rings is 1. The van der Waals surface area contributed by atoms with Crippen LogP contribution >= 0.6 is 11.8 Å². The number of thioether (sulfide) groups is 1. The molecule has 6 heteroatoms. The molecule has 1 aliphatic carbocycles. The number of nitrogens with two attached hydrogens (primary N) is 1. The molecule has 1 saturated carbocycles. The van der Waals surface area contributed by atoms with Gasteiger partial charge in [-0.05, 0) is 17.7 Å². The third kappa shape index (κ3) is 2.15. The molecule has 0 saturated heterocycles. The van der Waals surface area contributed by atoms with Gasteiger partial charge in [-0.2, -0.15) is 8.78 Å². The second-order valence-corrected chi connectivity index (χ2v) is 5.13. The molecule has 1 aromatic rings. The van der Waals surface area contributed by atoms with E-state index in [0.717, 1.165) is 0 Å². The maximum atomic E-state index is 13.2. The molecule has 0 bridgehead atoms. The molecule has 1 atom stereocenters. The van der Waals surface area contributed by atoms with Crippen LogP contribution in [0.4, 0.5) is 17.6 Å². The van der Waals surface area contributed by atoms with Crippen LogP contribution in [0, 0.1) is 0 Å². The van der Waals surface area contributed by atoms with Crippen LogP contribution in [0.3, 0.4) is 0 Å². The van der Waals surface area contributed by atoms with E-state index >= 15 is 0 Å². The van der Waals surface area contributed by atoms with Crippen LogP contribution in [0.25, 0.3) is 0 Å². The Bertz CT molecular complexity index is 406. The Morgan fingerprint density at radius 2 is 1.76 bits per heavy atom. The average molecular weight is 265 g/mol. The van der Waals surface area contributed by atoms with Crippen LogP contribution < -0.4 is 5.73 Å². The van der Waals surface area contributed by atoms with Crippen molar-refractivity contribution < 1.29 is 17.6 Å². The van der Waals surface area contributed by atoms with E-state index in [1.807, 2.05) is 0 Å². The molecule has 1 fully saturated rings. The molecule has 0 aromatic heterocycles. The molecule has 94 valence electrons. The summed E-state index contributed by atoms with van der Waals surface area (Å²) in [6, 6.07) is 5.77. The molecule has 0 heterocycles. The molecule has 1 unspecified atom stereocenters. The lowest BCUT2D eigenvalue weighted by molar-refractivity contribution is 0.0896. The van der Waals surface area contributed by atoms with Crippen LogP contribution in [-0.2, 0) is 5.41 Å². The molecule has 0 radical (unpaired) electrons. The lowest BCUT2D eigenvalue weighted by Gasteiger charge is -2.14. The largest absolute Gasteiger partial charge is 0.329 e. The van der Waals surface area contributed by atoms with Crippen LogP contribution in [-0.4, -0.2) is 18.2 Å². The number of rotatable bonds is 4. The van der Waals surface area contributed by atoms with Gasteiger partial charge in [-0.1, -0.05) is 23.9 Å². The van der Waals surface area contributed by atoms with Crippen molar-refractivity contribution in [1.29, 1.82) is 0 Å². The maximum absolute atomic E-state index is 13.2. The minimum absolute atomic E-state index is 0.138. The molecular formula is C11H11F4NS. The SMILES string of the molecule is NCC1(c2ccc(SC(F)F)cc2)CC1(F)F. The summed E-state index contributed by atoms with van der Waals surface area (Å²) in [4.78, 5) is 0.361. The van der Waals surface area contributed by atoms with Gasteiger partial charge in [-0.25, -0.2) is 8.78 Å². The first-order valence-corrected chi connectivity index (χ1v) is 5.92. The Kier molecular flexibility index (Phi) is 3.12. The minimum Gasteiger partial charge on any atom is -0.329 e. The number of alkyl halides is 4. The monoisotopic (exact) mass is 265 g/mol. The van der Waals surface area contributed by atoms with Crippen molar-refractivity contribution >= 4 is 11.8 Å². The van der Waals surface area contributed by atoms with Crippen molar-refractivity contribution in [2.75, 3.05) is 6.54 Å². The highest BCUT2D eigenvalue weighted by atomic mass is 32.2. The summed E-state index contributed by atoms with van der Waals surface area (Å²) in [5.74, 6) is -5.29. The van der Waals surface area contributed by atoms with Gasteiger partial charge in [0.25, 0.3) is 11.7 Å². The average Bonchev–Trinajstić information content (AvgIpc) is 2.82. The van der Waals surface area contributed by atoms with Gasteiger partial charge >= 0.3 is 0 Å². The Morgan fingerprint density at radius 1 is 1.24 bits per heavy atom. The first-order chi connectivity index (χ1) is 7.91. The smallest absolute Gasteiger partial charge is 0.288 e. The summed E-state index contributed by atoms with van der Waals surface area (Å²) >= 11 is 0.394. The Hall–Kier alpha value is -0.750. The van der Waals surface area contributed by atoms with E-state index in [4.69, 9.17) is 5.73 Å². The van der Waals surface area contributed by atoms with Gasteiger partial charge in [0.2, 0.25) is 0 Å². The lowest BCUT2D eigenvalue weighted by Crippen LogP contribution is -2.26. The summed E-state index contributed by atoms with van der Waals surface area (Å²) in [7, 11) is 0. The van der Waals surface area contributed by atoms with E-state index in [2.05, 4.69) is 0 Å². The van der Waals surface area contributed by atoms with E-state index in [1.165, 1.54) is 24.3 Å². The molecule has 1 aliphatic rings. The topological polar surface area (TPSA) is 26.0 Å². The van der Waals surface area contributed by atoms with Crippen molar-refractivity contribution in [3.05, 3.63) is 29.8 Å². The predicted molar refractivity (Wildman–Crippen MR) is 58.6 cm³/mol. The van der Waals surface area contributed by atoms with E-state index in [0.29, 0.717) is 22.2 Å². The number of halogens is 4. The molecular weight excluding hydrogens is 254 g/mol. The van der Waals surface area contributed by atoms with Gasteiger partial charge < -0.3 is 5.73 Å². The van der Waals surface area contributed by atoms with Crippen molar-refractivity contribution in [1.82, 2.24) is 0 Å². The predicted octanol–water partition coefficient (Wildman–Crippen LogP) is 3.24. The van der Waals surface area contributed by atoms with Crippen molar-refractivity contribution in [3.8, 4) is 0 Å². The molecule has 17 heavy (non-hydrogen) atoms. The molecule has 2 N–H and O–H groups in total. The van der Waals surface area contributed by atoms with Crippen molar-refractivity contribution in [2.45, 2.75) is 28.4 Å². The normalized spacial score (nSPS) is 26.2. The highest BCUT2D eigenvalue weighted by Crippen LogP contribution is 2.60. The lowest BCUT2D eigenvalue weighted by atomic mass is 9.95. The first kappa shape index (κ1) is 12.7. The van der Waals surface area contributed by atoms with Gasteiger partial charge in [0.15, 0.2) is 0 Å². The molecule has 1 aromatic carbocycles. The van der Waals surface area contributed by atoms with Gasteiger partial charge in [-0.15, -0.1) is 0 Å². The fraction of sp³-hybridized carbons (Fsp3) is 0.455. The second-order valence-electron chi connectivity index (χ2n) is 4.07. The Labute approximate surface area is 100 Å². The zero-order valence-electron chi connectivity index (χ0n) is 8.80. The van der Waals surface area contributed by atoms with E-state index in [-0.39, 0.29) is 13.0 Å². The maximum Gasteiger partial charge on any atom is 0.288 e. The minimum atomic E-state index is -2.78. The fourth-order valence-corrected chi connectivity index (χ4v) is 2.44. The summed E-state index contributed by atoms with van der Waals surface area (Å²) in [6.07, 6.45) is -0.266. The van der Waals surface area contributed by atoms with E-state index in [1.54, 1.807) is 0 Å². The molecule has 0 spiro atoms. The van der Waals surface area contributed by atoms with E-state index in [9.17, 15) is 17.6 Å². The van der Waals surface area contributed by atoms with Crippen LogP contribution in [0.5, 0.6) is 0 Å². The highest BCUT2D eigenvalue weighted by Gasteiger charge is 2.70. The molecule has 1 nitrogen and oxygen atoms in total. The molecule has 0 aliphatic heterocycles. The van der Waals surface area contributed by atoms with Gasteiger partial charge in [-0.3, -0.25) is 0 Å². The molecule has 0 amide bonds. The highest BCUT2D eigenvalue weighted by molar-refractivity contribution is 7.99. The summed E-state index contributed by atoms with van der Waals surface area (Å²) in [6.45, 7) is -0.138. The first-order valence-electron chi connectivity index (χ1n) is 5.04.